The van der Waals surface area contributed by atoms with Gasteiger partial charge in [-0.3, -0.25) is 0 Å². The molecule has 1 aromatic heterocycles. The summed E-state index contributed by atoms with van der Waals surface area (Å²) < 4.78 is 32.9. The predicted octanol–water partition coefficient (Wildman–Crippen LogP) is 5.67. The van der Waals surface area contributed by atoms with E-state index in [9.17, 15) is 8.78 Å². The zero-order valence-electron chi connectivity index (χ0n) is 11.1. The summed E-state index contributed by atoms with van der Waals surface area (Å²) in [4.78, 5) is 0.767. The Morgan fingerprint density at radius 1 is 1.05 bits per heavy atom. The molecule has 21 heavy (non-hydrogen) atoms. The van der Waals surface area contributed by atoms with Crippen molar-refractivity contribution >= 4 is 37.4 Å². The number of thiophene rings is 1. The largest absolute Gasteiger partial charge is 0.496 e. The van der Waals surface area contributed by atoms with Gasteiger partial charge in [0, 0.05) is 15.1 Å². The molecule has 0 fully saturated rings. The van der Waals surface area contributed by atoms with Crippen molar-refractivity contribution in [1.29, 1.82) is 0 Å². The first kappa shape index (κ1) is 14.5. The van der Waals surface area contributed by atoms with Crippen LogP contribution >= 0.6 is 27.3 Å². The summed E-state index contributed by atoms with van der Waals surface area (Å²) in [7, 11) is 1.55. The van der Waals surface area contributed by atoms with Gasteiger partial charge in [-0.25, -0.2) is 8.78 Å². The fourth-order valence-corrected chi connectivity index (χ4v) is 4.06. The van der Waals surface area contributed by atoms with Crippen molar-refractivity contribution < 1.29 is 13.5 Å². The first-order valence-electron chi connectivity index (χ1n) is 6.25. The Balaban J connectivity index is 2.07. The molecular weight excluding hydrogens is 358 g/mol. The van der Waals surface area contributed by atoms with Gasteiger partial charge in [-0.2, -0.15) is 0 Å². The summed E-state index contributed by atoms with van der Waals surface area (Å²) in [5, 5.41) is 0.969. The molecule has 0 spiro atoms. The topological polar surface area (TPSA) is 9.23 Å². The molecule has 3 rings (SSSR count). The van der Waals surface area contributed by atoms with Crippen molar-refractivity contribution in [3.05, 3.63) is 64.5 Å². The molecule has 108 valence electrons. The number of hydrogen-bond donors (Lipinski definition) is 0. The molecule has 0 saturated heterocycles. The molecule has 0 N–H and O–H groups in total. The van der Waals surface area contributed by atoms with E-state index in [2.05, 4.69) is 15.9 Å². The molecule has 2 aromatic carbocycles. The molecule has 0 amide bonds. The summed E-state index contributed by atoms with van der Waals surface area (Å²) >= 11 is 5.06. The second kappa shape index (κ2) is 5.73. The molecule has 5 heteroatoms. The molecule has 1 heterocycles. The number of ether oxygens (including phenoxy) is 1. The normalized spacial score (nSPS) is 12.6. The smallest absolute Gasteiger partial charge is 0.124 e. The van der Waals surface area contributed by atoms with E-state index >= 15 is 0 Å². The van der Waals surface area contributed by atoms with Crippen molar-refractivity contribution in [1.82, 2.24) is 0 Å². The average Bonchev–Trinajstić information content (AvgIpc) is 2.89. The maximum Gasteiger partial charge on any atom is 0.124 e. The maximum absolute atomic E-state index is 13.5. The van der Waals surface area contributed by atoms with Gasteiger partial charge in [0.15, 0.2) is 0 Å². The van der Waals surface area contributed by atoms with Crippen LogP contribution in [0.5, 0.6) is 5.75 Å². The van der Waals surface area contributed by atoms with E-state index in [1.807, 2.05) is 6.07 Å². The molecule has 1 unspecified atom stereocenters. The summed E-state index contributed by atoms with van der Waals surface area (Å²) in [5.41, 5.74) is 0.713. The van der Waals surface area contributed by atoms with Gasteiger partial charge in [0.25, 0.3) is 0 Å². The van der Waals surface area contributed by atoms with Crippen molar-refractivity contribution in [3.63, 3.8) is 0 Å². The minimum Gasteiger partial charge on any atom is -0.496 e. The van der Waals surface area contributed by atoms with Gasteiger partial charge in [0.1, 0.15) is 17.4 Å². The fraction of sp³-hybridized carbons (Fsp3) is 0.125. The second-order valence-corrected chi connectivity index (χ2v) is 6.61. The molecule has 0 saturated carbocycles. The molecule has 0 aliphatic carbocycles. The van der Waals surface area contributed by atoms with Crippen LogP contribution in [0, 0.1) is 11.6 Å². The molecule has 0 aliphatic heterocycles. The number of methoxy groups -OCH3 is 1. The molecule has 3 aromatic rings. The standard InChI is InChI=1S/C16H11BrF2OS/c1-20-13-5-4-10(18)7-12(13)16(17)15-6-9-2-3-11(19)8-14(9)21-15/h2-8,16H,1H3. The van der Waals surface area contributed by atoms with E-state index in [-0.39, 0.29) is 16.5 Å². The van der Waals surface area contributed by atoms with Crippen LogP contribution in [0.25, 0.3) is 10.1 Å². The van der Waals surface area contributed by atoms with Crippen LogP contribution in [-0.2, 0) is 0 Å². The minimum absolute atomic E-state index is 0.205. The molecule has 1 atom stereocenters. The van der Waals surface area contributed by atoms with E-state index in [0.29, 0.717) is 11.3 Å². The highest BCUT2D eigenvalue weighted by Gasteiger charge is 2.18. The molecule has 1 nitrogen and oxygen atoms in total. The number of benzene rings is 2. The first-order chi connectivity index (χ1) is 10.1. The third kappa shape index (κ3) is 2.80. The van der Waals surface area contributed by atoms with Gasteiger partial charge in [0.2, 0.25) is 0 Å². The Morgan fingerprint density at radius 3 is 2.52 bits per heavy atom. The molecule has 0 radical (unpaired) electrons. The second-order valence-electron chi connectivity index (χ2n) is 4.58. The number of halogens is 3. The number of alkyl halides is 1. The summed E-state index contributed by atoms with van der Waals surface area (Å²) in [6.07, 6.45) is 0. The van der Waals surface area contributed by atoms with Crippen LogP contribution < -0.4 is 4.74 Å². The highest BCUT2D eigenvalue weighted by atomic mass is 79.9. The van der Waals surface area contributed by atoms with Gasteiger partial charge in [-0.1, -0.05) is 22.0 Å². The quantitative estimate of drug-likeness (QED) is 0.541. The first-order valence-corrected chi connectivity index (χ1v) is 7.98. The zero-order valence-corrected chi connectivity index (χ0v) is 13.5. The van der Waals surface area contributed by atoms with Crippen LogP contribution in [0.4, 0.5) is 8.78 Å². The van der Waals surface area contributed by atoms with E-state index in [0.717, 1.165) is 15.0 Å². The van der Waals surface area contributed by atoms with E-state index in [1.54, 1.807) is 19.2 Å². The third-order valence-electron chi connectivity index (χ3n) is 3.22. The van der Waals surface area contributed by atoms with E-state index < -0.39 is 0 Å². The monoisotopic (exact) mass is 368 g/mol. The van der Waals surface area contributed by atoms with Gasteiger partial charge < -0.3 is 4.74 Å². The van der Waals surface area contributed by atoms with Gasteiger partial charge in [-0.05, 0) is 41.8 Å². The van der Waals surface area contributed by atoms with E-state index in [1.165, 1.54) is 35.6 Å². The van der Waals surface area contributed by atoms with Crippen LogP contribution in [-0.4, -0.2) is 7.11 Å². The van der Waals surface area contributed by atoms with E-state index in [4.69, 9.17) is 4.74 Å². The predicted molar refractivity (Wildman–Crippen MR) is 85.5 cm³/mol. The highest BCUT2D eigenvalue weighted by molar-refractivity contribution is 9.09. The van der Waals surface area contributed by atoms with Gasteiger partial charge in [0.05, 0.1) is 11.9 Å². The van der Waals surface area contributed by atoms with Crippen LogP contribution in [0.1, 0.15) is 15.3 Å². The molecular formula is C16H11BrF2OS. The summed E-state index contributed by atoms with van der Waals surface area (Å²) in [6, 6.07) is 11.1. The number of hydrogen-bond acceptors (Lipinski definition) is 2. The maximum atomic E-state index is 13.5. The lowest BCUT2D eigenvalue weighted by Gasteiger charge is -2.13. The van der Waals surface area contributed by atoms with Crippen LogP contribution in [0.15, 0.2) is 42.5 Å². The Hall–Kier alpha value is -1.46. The van der Waals surface area contributed by atoms with Crippen molar-refractivity contribution in [2.45, 2.75) is 4.83 Å². The Kier molecular flexibility index (Phi) is 3.95. The molecule has 0 bridgehead atoms. The highest BCUT2D eigenvalue weighted by Crippen LogP contribution is 2.41. The molecule has 0 aliphatic rings. The Morgan fingerprint density at radius 2 is 1.76 bits per heavy atom. The average molecular weight is 369 g/mol. The number of rotatable bonds is 3. The third-order valence-corrected chi connectivity index (χ3v) is 5.67. The minimum atomic E-state index is -0.317. The Bertz CT molecular complexity index is 800. The van der Waals surface area contributed by atoms with Crippen molar-refractivity contribution in [2.24, 2.45) is 0 Å². The lowest BCUT2D eigenvalue weighted by molar-refractivity contribution is 0.409. The van der Waals surface area contributed by atoms with Crippen LogP contribution in [0.3, 0.4) is 0 Å². The van der Waals surface area contributed by atoms with Crippen molar-refractivity contribution in [2.75, 3.05) is 7.11 Å². The Labute approximate surface area is 133 Å². The van der Waals surface area contributed by atoms with Gasteiger partial charge in [-0.15, -0.1) is 11.3 Å². The van der Waals surface area contributed by atoms with Crippen LogP contribution in [0.2, 0.25) is 0 Å². The SMILES string of the molecule is COc1ccc(F)cc1C(Br)c1cc2ccc(F)cc2s1. The van der Waals surface area contributed by atoms with Crippen molar-refractivity contribution in [3.8, 4) is 5.75 Å². The summed E-state index contributed by atoms with van der Waals surface area (Å²) in [5.74, 6) is 0.0367. The zero-order chi connectivity index (χ0) is 15.0. The lowest BCUT2D eigenvalue weighted by atomic mass is 10.1. The fourth-order valence-electron chi connectivity index (χ4n) is 2.21. The number of fused-ring (bicyclic) bond motifs is 1. The summed E-state index contributed by atoms with van der Waals surface area (Å²) in [6.45, 7) is 0. The van der Waals surface area contributed by atoms with Gasteiger partial charge >= 0.3 is 0 Å². The lowest BCUT2D eigenvalue weighted by Crippen LogP contribution is -1.96.